The molecule has 2 heterocycles. The number of rotatable bonds is 5. The van der Waals surface area contributed by atoms with Crippen LogP contribution in [-0.2, 0) is 12.8 Å². The molecule has 0 spiro atoms. The molecule has 1 aliphatic rings. The fraction of sp³-hybridized carbons (Fsp3) is 0.235. The summed E-state index contributed by atoms with van der Waals surface area (Å²) in [6.45, 7) is 3.82. The number of nitrogens with two attached hydrogens (primary N) is 2. The number of halogens is 1. The van der Waals surface area contributed by atoms with Crippen molar-refractivity contribution >= 4 is 45.2 Å². The molecule has 3 rings (SSSR count). The van der Waals surface area contributed by atoms with Crippen molar-refractivity contribution in [2.75, 3.05) is 5.01 Å². The summed E-state index contributed by atoms with van der Waals surface area (Å²) in [5.41, 5.74) is 1.85. The average molecular weight is 375 g/mol. The maximum absolute atomic E-state index is 6.36. The van der Waals surface area contributed by atoms with Gasteiger partial charge in [-0.25, -0.2) is 15.8 Å². The normalized spacial score (nSPS) is 15.6. The van der Waals surface area contributed by atoms with Crippen molar-refractivity contribution in [2.24, 2.45) is 16.8 Å². The number of nitrogens with zero attached hydrogens (tertiary/aromatic N) is 4. The Kier molecular flexibility index (Phi) is 5.47. The van der Waals surface area contributed by atoms with Crippen LogP contribution in [0, 0.1) is 0 Å². The zero-order valence-corrected chi connectivity index (χ0v) is 15.2. The summed E-state index contributed by atoms with van der Waals surface area (Å²) in [4.78, 5) is 11.2. The maximum Gasteiger partial charge on any atom is 0.159 e. The van der Waals surface area contributed by atoms with Gasteiger partial charge in [0.2, 0.25) is 0 Å². The van der Waals surface area contributed by atoms with Crippen LogP contribution in [0.3, 0.4) is 0 Å². The standard InChI is InChI=1S/C17H19ClN6S/c1-2-13(12(18)7-5-9-23-19)24(20)16-15-11-6-3-4-8-14(11)25-17(15)22-10-21-16/h2,5,7,9-10H,1,3-4,6,8,19-20H2/b7-5+,13-12-,23-9?. The molecule has 0 radical (unpaired) electrons. The molecule has 1 aliphatic carbocycles. The molecule has 0 aromatic carbocycles. The summed E-state index contributed by atoms with van der Waals surface area (Å²) in [5, 5.41) is 6.28. The number of fused-ring (bicyclic) bond motifs is 3. The zero-order chi connectivity index (χ0) is 17.8. The van der Waals surface area contributed by atoms with Gasteiger partial charge >= 0.3 is 0 Å². The van der Waals surface area contributed by atoms with Gasteiger partial charge in [-0.2, -0.15) is 5.10 Å². The van der Waals surface area contributed by atoms with Gasteiger partial charge in [0.25, 0.3) is 0 Å². The van der Waals surface area contributed by atoms with Gasteiger partial charge in [0.1, 0.15) is 11.2 Å². The number of aromatic nitrogens is 2. The molecule has 0 saturated heterocycles. The fourth-order valence-electron chi connectivity index (χ4n) is 2.94. The van der Waals surface area contributed by atoms with Crippen LogP contribution < -0.4 is 16.7 Å². The molecular weight excluding hydrogens is 356 g/mol. The SMILES string of the molecule is C=C/C(=C(Cl)\C=C\C=NN)N(N)c1ncnc2sc3c(c12)CCCC3. The second-order valence-electron chi connectivity index (χ2n) is 5.55. The largest absolute Gasteiger partial charge is 0.323 e. The quantitative estimate of drug-likeness (QED) is 0.362. The second kappa shape index (κ2) is 7.77. The summed E-state index contributed by atoms with van der Waals surface area (Å²) in [5.74, 6) is 12.1. The van der Waals surface area contributed by atoms with Crippen LogP contribution in [0.15, 0.2) is 47.0 Å². The lowest BCUT2D eigenvalue weighted by Crippen LogP contribution is -2.31. The van der Waals surface area contributed by atoms with E-state index in [9.17, 15) is 0 Å². The van der Waals surface area contributed by atoms with Crippen molar-refractivity contribution in [3.63, 3.8) is 0 Å². The molecule has 130 valence electrons. The minimum absolute atomic E-state index is 0.410. The monoisotopic (exact) mass is 374 g/mol. The van der Waals surface area contributed by atoms with Gasteiger partial charge < -0.3 is 5.84 Å². The highest BCUT2D eigenvalue weighted by Crippen LogP contribution is 2.39. The number of allylic oxidation sites excluding steroid dienone is 4. The summed E-state index contributed by atoms with van der Waals surface area (Å²) in [6, 6.07) is 0. The minimum atomic E-state index is 0.410. The van der Waals surface area contributed by atoms with Crippen LogP contribution in [0.2, 0.25) is 0 Å². The Morgan fingerprint density at radius 1 is 1.36 bits per heavy atom. The lowest BCUT2D eigenvalue weighted by molar-refractivity contribution is 0.700. The van der Waals surface area contributed by atoms with Gasteiger partial charge in [0, 0.05) is 11.1 Å². The van der Waals surface area contributed by atoms with Crippen LogP contribution in [0.4, 0.5) is 5.82 Å². The molecule has 0 unspecified atom stereocenters. The third-order valence-electron chi connectivity index (χ3n) is 4.07. The smallest absolute Gasteiger partial charge is 0.159 e. The zero-order valence-electron chi connectivity index (χ0n) is 13.7. The molecule has 0 bridgehead atoms. The predicted octanol–water partition coefficient (Wildman–Crippen LogP) is 3.39. The van der Waals surface area contributed by atoms with E-state index >= 15 is 0 Å². The van der Waals surface area contributed by atoms with E-state index in [4.69, 9.17) is 23.3 Å². The molecule has 0 fully saturated rings. The average Bonchev–Trinajstić information content (AvgIpc) is 3.01. The van der Waals surface area contributed by atoms with Crippen molar-refractivity contribution in [1.82, 2.24) is 9.97 Å². The van der Waals surface area contributed by atoms with Crippen LogP contribution in [0.1, 0.15) is 23.3 Å². The summed E-state index contributed by atoms with van der Waals surface area (Å²) in [7, 11) is 0. The lowest BCUT2D eigenvalue weighted by atomic mass is 9.97. The number of hydrazine groups is 1. The molecule has 2 aromatic heterocycles. The summed E-state index contributed by atoms with van der Waals surface area (Å²) < 4.78 is 0. The second-order valence-corrected chi connectivity index (χ2v) is 7.04. The van der Waals surface area contributed by atoms with E-state index in [1.807, 2.05) is 0 Å². The number of anilines is 1. The van der Waals surface area contributed by atoms with Crippen molar-refractivity contribution in [2.45, 2.75) is 25.7 Å². The van der Waals surface area contributed by atoms with Gasteiger partial charge in [-0.3, -0.25) is 5.01 Å². The Morgan fingerprint density at radius 2 is 2.16 bits per heavy atom. The fourth-order valence-corrected chi connectivity index (χ4v) is 4.41. The van der Waals surface area contributed by atoms with E-state index in [-0.39, 0.29) is 0 Å². The van der Waals surface area contributed by atoms with Gasteiger partial charge in [-0.15, -0.1) is 11.3 Å². The highest BCUT2D eigenvalue weighted by molar-refractivity contribution is 7.19. The highest BCUT2D eigenvalue weighted by atomic mass is 35.5. The van der Waals surface area contributed by atoms with E-state index < -0.39 is 0 Å². The molecule has 0 aliphatic heterocycles. The first kappa shape index (κ1) is 17.6. The minimum Gasteiger partial charge on any atom is -0.323 e. The van der Waals surface area contributed by atoms with E-state index in [2.05, 4.69) is 21.6 Å². The third-order valence-corrected chi connectivity index (χ3v) is 5.59. The lowest BCUT2D eigenvalue weighted by Gasteiger charge is -2.21. The van der Waals surface area contributed by atoms with Crippen LogP contribution in [0.5, 0.6) is 0 Å². The molecule has 8 heteroatoms. The van der Waals surface area contributed by atoms with E-state index in [1.165, 1.54) is 40.8 Å². The molecular formula is C17H19ClN6S. The first-order valence-electron chi connectivity index (χ1n) is 7.89. The Labute approximate surface area is 155 Å². The predicted molar refractivity (Wildman–Crippen MR) is 106 cm³/mol. The van der Waals surface area contributed by atoms with E-state index in [0.717, 1.165) is 23.1 Å². The molecule has 0 atom stereocenters. The third kappa shape index (κ3) is 3.44. The molecule has 0 amide bonds. The molecule has 0 saturated carbocycles. The van der Waals surface area contributed by atoms with Crippen molar-refractivity contribution in [1.29, 1.82) is 0 Å². The number of hydrogen-bond acceptors (Lipinski definition) is 7. The van der Waals surface area contributed by atoms with Crippen LogP contribution in [-0.4, -0.2) is 16.2 Å². The van der Waals surface area contributed by atoms with Crippen molar-refractivity contribution in [3.8, 4) is 0 Å². The topological polar surface area (TPSA) is 93.4 Å². The van der Waals surface area contributed by atoms with Gasteiger partial charge in [-0.05, 0) is 49.5 Å². The maximum atomic E-state index is 6.36. The number of hydrogen-bond donors (Lipinski definition) is 2. The summed E-state index contributed by atoms with van der Waals surface area (Å²) >= 11 is 8.08. The van der Waals surface area contributed by atoms with Gasteiger partial charge in [-0.1, -0.05) is 18.2 Å². The number of thiophene rings is 1. The summed E-state index contributed by atoms with van der Waals surface area (Å²) in [6.07, 6.45) is 12.3. The first-order valence-corrected chi connectivity index (χ1v) is 9.09. The molecule has 25 heavy (non-hydrogen) atoms. The molecule has 6 nitrogen and oxygen atoms in total. The Morgan fingerprint density at radius 3 is 2.92 bits per heavy atom. The Balaban J connectivity index is 2.10. The number of hydrazone groups is 1. The van der Waals surface area contributed by atoms with Crippen LogP contribution in [0.25, 0.3) is 10.2 Å². The Hall–Kier alpha value is -2.22. The van der Waals surface area contributed by atoms with Gasteiger partial charge in [0.15, 0.2) is 5.82 Å². The van der Waals surface area contributed by atoms with Crippen LogP contribution >= 0.6 is 22.9 Å². The highest BCUT2D eigenvalue weighted by Gasteiger charge is 2.22. The van der Waals surface area contributed by atoms with Gasteiger partial charge in [0.05, 0.1) is 16.1 Å². The molecule has 4 N–H and O–H groups in total. The van der Waals surface area contributed by atoms with Crippen molar-refractivity contribution < 1.29 is 0 Å². The van der Waals surface area contributed by atoms with Crippen molar-refractivity contribution in [3.05, 3.63) is 52.3 Å². The first-order chi connectivity index (χ1) is 12.2. The van der Waals surface area contributed by atoms with E-state index in [0.29, 0.717) is 16.5 Å². The molecule has 2 aromatic rings. The Bertz CT molecular complexity index is 883. The number of aryl methyl sites for hydroxylation is 2. The van der Waals surface area contributed by atoms with E-state index in [1.54, 1.807) is 29.6 Å².